The molecule has 0 N–H and O–H groups in total. The maximum Gasteiger partial charge on any atom is 0.338 e. The molecule has 0 aromatic heterocycles. The van der Waals surface area contributed by atoms with Crippen molar-refractivity contribution in [1.82, 2.24) is 0 Å². The Balaban J connectivity index is 1.07. The molecule has 0 saturated heterocycles. The van der Waals surface area contributed by atoms with Crippen molar-refractivity contribution in [1.29, 1.82) is 0 Å². The Morgan fingerprint density at radius 1 is 0.324 bits per heavy atom. The summed E-state index contributed by atoms with van der Waals surface area (Å²) in [4.78, 5) is 97.3. The highest BCUT2D eigenvalue weighted by Gasteiger charge is 2.22. The number of ether oxygens (including phenoxy) is 6. The third kappa shape index (κ3) is 25.9. The zero-order valence-electron chi connectivity index (χ0n) is 56.6. The number of azide groups is 6. The largest absolute Gasteiger partial charge is 0.487 e. The van der Waals surface area contributed by atoms with Crippen LogP contribution in [0, 0.1) is 30.3 Å². The van der Waals surface area contributed by atoms with Crippen LogP contribution >= 0.6 is 0 Å². The second-order valence-corrected chi connectivity index (χ2v) is 21.3. The fourth-order valence-electron chi connectivity index (χ4n) is 9.43. The first kappa shape index (κ1) is 79.9. The lowest BCUT2D eigenvalue weighted by Crippen LogP contribution is -2.28. The van der Waals surface area contributed by atoms with Gasteiger partial charge in [-0.2, -0.15) is 15.3 Å². The van der Waals surface area contributed by atoms with Crippen LogP contribution in [0.4, 0.5) is 68.2 Å². The number of azo groups is 3. The van der Waals surface area contributed by atoms with Crippen LogP contribution in [0.15, 0.2) is 207 Å². The zero-order chi connectivity index (χ0) is 77.3. The summed E-state index contributed by atoms with van der Waals surface area (Å²) in [6.07, 6.45) is 0. The van der Waals surface area contributed by atoms with Gasteiger partial charge in [-0.25, -0.2) is 14.4 Å². The molecule has 0 heterocycles. The van der Waals surface area contributed by atoms with Gasteiger partial charge in [0.15, 0.2) is 17.2 Å². The highest BCUT2D eigenvalue weighted by Crippen LogP contribution is 2.37. The van der Waals surface area contributed by atoms with E-state index in [1.807, 2.05) is 14.7 Å². The maximum atomic E-state index is 13.9. The number of rotatable bonds is 45. The molecule has 7 aromatic rings. The zero-order valence-corrected chi connectivity index (χ0v) is 56.6. The van der Waals surface area contributed by atoms with E-state index < -0.39 is 106 Å². The highest BCUT2D eigenvalue weighted by molar-refractivity contribution is 6.00. The van der Waals surface area contributed by atoms with Gasteiger partial charge in [0, 0.05) is 143 Å². The van der Waals surface area contributed by atoms with Gasteiger partial charge in [-0.3, -0.25) is 30.3 Å². The topological polar surface area (TPSA) is 612 Å². The van der Waals surface area contributed by atoms with Gasteiger partial charge in [0.25, 0.3) is 17.1 Å². The number of hydrogen-bond donors (Lipinski definition) is 0. The number of esters is 3. The van der Waals surface area contributed by atoms with Gasteiger partial charge in [-0.05, 0) is 142 Å². The number of carbonyl (C=O) groups excluding carboxylic acids is 3. The molecule has 0 bridgehead atoms. The van der Waals surface area contributed by atoms with Crippen LogP contribution in [0.25, 0.3) is 62.7 Å². The molecule has 45 nitrogen and oxygen atoms in total. The Kier molecular flexibility index (Phi) is 32.1. The summed E-state index contributed by atoms with van der Waals surface area (Å²) < 4.78 is 33.9. The molecule has 108 heavy (non-hydrogen) atoms. The standard InChI is InChI=1S/C63H60N30O15/c64-82-70-19-25-88(26-20-71-83-65)49-7-1-46(2-8-49)76-79-55-16-13-52(91(97)98)40-58(55)103-31-34-106-61(94)43-37-44(62(95)107-35-32-104-59-41-53(92(99)100)14-17-56(59)80-77-47-3-9-50(10-4-47)89(27-21-72-84-66)28-22-73-85-67)39-45(38-43)63(96)108-36-33-105-60-42-54(93(101)102)15-18-57(60)81-78-48-5-11-51(12-6-48)90(29-23-74-86-68)30-24-75-87-69/h1-18,37-42H,19-36H2. The van der Waals surface area contributed by atoms with Crippen LogP contribution in [0.5, 0.6) is 17.2 Å². The van der Waals surface area contributed by atoms with Gasteiger partial charge in [0.05, 0.1) is 66.7 Å². The van der Waals surface area contributed by atoms with Crippen molar-refractivity contribution in [3.05, 3.63) is 255 Å². The average Bonchev–Trinajstić information content (AvgIpc) is 0.789. The van der Waals surface area contributed by atoms with Gasteiger partial charge in [0.1, 0.15) is 56.7 Å². The number of nitro benzene ring substituents is 3. The SMILES string of the molecule is [N-]=[N+]=NCCN(CCN=[N+]=[N-])c1ccc(N=Nc2ccc([N+](=O)[O-])cc2OCCOC(=O)c2cc(C(=O)OCCOc3cc([N+](=O)[O-])ccc3N=Nc3ccc(N(CCN=[N+]=[N-])CCN=[N+]=[N-])cc3)cc(C(=O)OCCOc3cc([N+](=O)[O-])ccc3N=Nc3ccc(N(CCN=[N+]=[N-])CCN=[N+]=[N-])cc3)c2)cc1. The molecule has 0 aliphatic carbocycles. The minimum absolute atomic E-state index is 0.0227. The molecule has 45 heteroatoms. The van der Waals surface area contributed by atoms with Crippen LogP contribution in [-0.4, -0.2) is 151 Å². The predicted octanol–water partition coefficient (Wildman–Crippen LogP) is 16.6. The van der Waals surface area contributed by atoms with Gasteiger partial charge >= 0.3 is 17.9 Å². The molecule has 0 aliphatic rings. The molecule has 0 saturated carbocycles. The number of benzene rings is 7. The normalized spacial score (nSPS) is 10.6. The van der Waals surface area contributed by atoms with Crippen LogP contribution in [0.2, 0.25) is 0 Å². The summed E-state index contributed by atoms with van der Waals surface area (Å²) in [5.74, 6) is -3.84. The van der Waals surface area contributed by atoms with E-state index in [1.54, 1.807) is 72.8 Å². The molecular formula is C63H60N30O15. The van der Waals surface area contributed by atoms with Gasteiger partial charge < -0.3 is 43.1 Å². The second kappa shape index (κ2) is 43.4. The van der Waals surface area contributed by atoms with Gasteiger partial charge in [-0.15, -0.1) is 15.3 Å². The number of non-ortho nitro benzene ring substituents is 3. The van der Waals surface area contributed by atoms with E-state index in [9.17, 15) is 44.7 Å². The van der Waals surface area contributed by atoms with Crippen molar-refractivity contribution in [2.75, 3.05) is 133 Å². The van der Waals surface area contributed by atoms with Crippen molar-refractivity contribution in [3.63, 3.8) is 0 Å². The lowest BCUT2D eigenvalue weighted by molar-refractivity contribution is -0.385. The number of carbonyl (C=O) groups is 3. The van der Waals surface area contributed by atoms with Crippen molar-refractivity contribution >= 4 is 86.2 Å². The Labute approximate surface area is 608 Å². The fourth-order valence-corrected chi connectivity index (χ4v) is 9.43. The summed E-state index contributed by atoms with van der Waals surface area (Å²) in [6, 6.07) is 33.4. The summed E-state index contributed by atoms with van der Waals surface area (Å²) >= 11 is 0. The van der Waals surface area contributed by atoms with E-state index in [1.165, 1.54) is 18.2 Å². The summed E-state index contributed by atoms with van der Waals surface area (Å²) in [5, 5.41) is 82.3. The third-order valence-electron chi connectivity index (χ3n) is 14.5. The van der Waals surface area contributed by atoms with Crippen molar-refractivity contribution in [2.45, 2.75) is 0 Å². The Hall–Kier alpha value is -15.4. The van der Waals surface area contributed by atoms with Gasteiger partial charge in [0.2, 0.25) is 0 Å². The lowest BCUT2D eigenvalue weighted by Gasteiger charge is -2.23. The molecule has 0 aliphatic heterocycles. The summed E-state index contributed by atoms with van der Waals surface area (Å²) in [5.41, 5.74) is 53.2. The molecule has 0 fully saturated rings. The van der Waals surface area contributed by atoms with Crippen molar-refractivity contribution in [2.24, 2.45) is 61.4 Å². The molecule has 0 unspecified atom stereocenters. The van der Waals surface area contributed by atoms with E-state index >= 15 is 0 Å². The smallest absolute Gasteiger partial charge is 0.338 e. The molecular weight excluding hydrogens is 1420 g/mol. The Morgan fingerprint density at radius 3 is 0.769 bits per heavy atom. The first-order valence-corrected chi connectivity index (χ1v) is 31.8. The van der Waals surface area contributed by atoms with Crippen molar-refractivity contribution in [3.8, 4) is 17.2 Å². The van der Waals surface area contributed by atoms with E-state index in [-0.39, 0.29) is 73.6 Å². The van der Waals surface area contributed by atoms with E-state index in [0.29, 0.717) is 73.4 Å². The highest BCUT2D eigenvalue weighted by atomic mass is 16.6. The molecule has 7 rings (SSSR count). The van der Waals surface area contributed by atoms with E-state index in [4.69, 9.17) is 61.6 Å². The summed E-state index contributed by atoms with van der Waals surface area (Å²) in [7, 11) is 0. The number of anilines is 3. The molecule has 0 atom stereocenters. The number of hydrogen-bond acceptors (Lipinski definition) is 30. The predicted molar refractivity (Wildman–Crippen MR) is 386 cm³/mol. The van der Waals surface area contributed by atoms with E-state index in [2.05, 4.69) is 90.8 Å². The number of nitro groups is 3. The Bertz CT molecular complexity index is 4200. The number of nitrogens with zero attached hydrogens (tertiary/aromatic N) is 30. The first-order valence-electron chi connectivity index (χ1n) is 31.8. The lowest BCUT2D eigenvalue weighted by atomic mass is 10.1. The molecule has 552 valence electrons. The van der Waals surface area contributed by atoms with Crippen molar-refractivity contribution < 1.29 is 57.6 Å². The average molecular weight is 1480 g/mol. The fraction of sp³-hybridized carbons (Fsp3) is 0.286. The molecule has 7 aromatic carbocycles. The quantitative estimate of drug-likeness (QED) is 0.00500. The maximum absolute atomic E-state index is 13.9. The second-order valence-electron chi connectivity index (χ2n) is 21.3. The first-order chi connectivity index (χ1) is 52.5. The van der Waals surface area contributed by atoms with Gasteiger partial charge in [-0.1, -0.05) is 30.7 Å². The molecule has 0 spiro atoms. The monoisotopic (exact) mass is 1480 g/mol. The summed E-state index contributed by atoms with van der Waals surface area (Å²) in [6.45, 7) is -0.335. The van der Waals surface area contributed by atoms with Crippen LogP contribution in [0.1, 0.15) is 31.1 Å². The molecule has 0 radical (unpaired) electrons. The van der Waals surface area contributed by atoms with Crippen LogP contribution in [-0.2, 0) is 14.2 Å². The Morgan fingerprint density at radius 2 is 0.556 bits per heavy atom. The van der Waals surface area contributed by atoms with Crippen LogP contribution in [0.3, 0.4) is 0 Å². The molecule has 0 amide bonds. The third-order valence-corrected chi connectivity index (χ3v) is 14.5. The van der Waals surface area contributed by atoms with E-state index in [0.717, 1.165) is 54.6 Å². The minimum Gasteiger partial charge on any atom is -0.487 e. The minimum atomic E-state index is -1.13. The van der Waals surface area contributed by atoms with Crippen LogP contribution < -0.4 is 28.9 Å².